The zero-order valence-electron chi connectivity index (χ0n) is 13.4. The third kappa shape index (κ3) is 4.07. The molecule has 0 aliphatic heterocycles. The molecule has 3 heteroatoms. The lowest BCUT2D eigenvalue weighted by molar-refractivity contribution is 0.222. The largest absolute Gasteiger partial charge is 0.246 e. The van der Waals surface area contributed by atoms with Gasteiger partial charge in [0, 0.05) is 22.0 Å². The van der Waals surface area contributed by atoms with Crippen LogP contribution in [0.15, 0.2) is 5.38 Å². The van der Waals surface area contributed by atoms with Crippen LogP contribution in [0.3, 0.4) is 0 Å². The fraction of sp³-hybridized carbons (Fsp3) is 0.824. The average Bonchev–Trinajstić information content (AvgIpc) is 2.80. The highest BCUT2D eigenvalue weighted by Gasteiger charge is 2.31. The highest BCUT2D eigenvalue weighted by atomic mass is 79.9. The second-order valence-corrected chi connectivity index (χ2v) is 9.79. The van der Waals surface area contributed by atoms with E-state index in [1.165, 1.54) is 30.0 Å². The van der Waals surface area contributed by atoms with Crippen LogP contribution in [0.4, 0.5) is 0 Å². The first-order valence-corrected chi connectivity index (χ1v) is 9.66. The molecule has 0 saturated heterocycles. The lowest BCUT2D eigenvalue weighted by Gasteiger charge is -2.35. The predicted molar refractivity (Wildman–Crippen MR) is 92.9 cm³/mol. The quantitative estimate of drug-likeness (QED) is 0.621. The Morgan fingerprint density at radius 1 is 1.35 bits per heavy atom. The van der Waals surface area contributed by atoms with Crippen LogP contribution in [0.25, 0.3) is 0 Å². The van der Waals surface area contributed by atoms with Crippen molar-refractivity contribution in [2.45, 2.75) is 70.5 Å². The fourth-order valence-electron chi connectivity index (χ4n) is 3.05. The average molecular weight is 358 g/mol. The summed E-state index contributed by atoms with van der Waals surface area (Å²) >= 11 is 5.76. The number of rotatable bonds is 3. The van der Waals surface area contributed by atoms with E-state index in [0.29, 0.717) is 4.83 Å². The van der Waals surface area contributed by atoms with Crippen LogP contribution in [-0.2, 0) is 11.8 Å². The Kier molecular flexibility index (Phi) is 5.34. The highest BCUT2D eigenvalue weighted by molar-refractivity contribution is 9.09. The van der Waals surface area contributed by atoms with Gasteiger partial charge in [-0.1, -0.05) is 50.5 Å². The van der Waals surface area contributed by atoms with E-state index in [2.05, 4.69) is 55.9 Å². The van der Waals surface area contributed by atoms with E-state index in [4.69, 9.17) is 4.98 Å². The predicted octanol–water partition coefficient (Wildman–Crippen LogP) is 5.82. The minimum Gasteiger partial charge on any atom is -0.246 e. The summed E-state index contributed by atoms with van der Waals surface area (Å²) in [6, 6.07) is 0. The summed E-state index contributed by atoms with van der Waals surface area (Å²) < 4.78 is 0. The van der Waals surface area contributed by atoms with Gasteiger partial charge in [0.1, 0.15) is 0 Å². The van der Waals surface area contributed by atoms with Crippen LogP contribution in [0, 0.1) is 17.8 Å². The monoisotopic (exact) mass is 357 g/mol. The van der Waals surface area contributed by atoms with Crippen LogP contribution in [0.1, 0.15) is 64.6 Å². The first-order valence-electron chi connectivity index (χ1n) is 7.86. The van der Waals surface area contributed by atoms with Gasteiger partial charge in [0.2, 0.25) is 0 Å². The summed E-state index contributed by atoms with van der Waals surface area (Å²) in [6.07, 6.45) is 5.22. The van der Waals surface area contributed by atoms with Crippen molar-refractivity contribution in [2.24, 2.45) is 17.8 Å². The van der Waals surface area contributed by atoms with Crippen LogP contribution >= 0.6 is 27.3 Å². The molecule has 0 bridgehead atoms. The molecule has 1 aliphatic rings. The van der Waals surface area contributed by atoms with E-state index in [1.54, 1.807) is 0 Å². The smallest absolute Gasteiger partial charge is 0.0931 e. The molecule has 0 amide bonds. The van der Waals surface area contributed by atoms with E-state index in [-0.39, 0.29) is 5.41 Å². The number of aromatic nitrogens is 1. The van der Waals surface area contributed by atoms with Gasteiger partial charge in [-0.2, -0.15) is 0 Å². The van der Waals surface area contributed by atoms with Gasteiger partial charge in [0.05, 0.1) is 10.7 Å². The molecule has 3 atom stereocenters. The molecule has 0 aromatic carbocycles. The van der Waals surface area contributed by atoms with Crippen molar-refractivity contribution < 1.29 is 0 Å². The Bertz CT molecular complexity index is 432. The molecule has 2 rings (SSSR count). The van der Waals surface area contributed by atoms with Gasteiger partial charge < -0.3 is 0 Å². The Hall–Kier alpha value is 0.110. The first-order chi connectivity index (χ1) is 9.27. The molecule has 20 heavy (non-hydrogen) atoms. The second kappa shape index (κ2) is 6.48. The van der Waals surface area contributed by atoms with Gasteiger partial charge >= 0.3 is 0 Å². The molecule has 1 fully saturated rings. The van der Waals surface area contributed by atoms with Gasteiger partial charge in [-0.3, -0.25) is 0 Å². The molecule has 3 unspecified atom stereocenters. The third-order valence-electron chi connectivity index (χ3n) is 4.63. The Morgan fingerprint density at radius 3 is 2.60 bits per heavy atom. The van der Waals surface area contributed by atoms with Gasteiger partial charge in [0.15, 0.2) is 0 Å². The molecule has 1 nitrogen and oxygen atoms in total. The Balaban J connectivity index is 2.02. The molecule has 114 valence electrons. The van der Waals surface area contributed by atoms with Gasteiger partial charge in [-0.05, 0) is 37.0 Å². The lowest BCUT2D eigenvalue weighted by Crippen LogP contribution is -2.29. The molecular formula is C17H28BrNS. The summed E-state index contributed by atoms with van der Waals surface area (Å²) in [5.41, 5.74) is 1.43. The van der Waals surface area contributed by atoms with Crippen LogP contribution in [0.2, 0.25) is 0 Å². The summed E-state index contributed by atoms with van der Waals surface area (Å²) in [5.74, 6) is 2.48. The molecular weight excluding hydrogens is 330 g/mol. The van der Waals surface area contributed by atoms with E-state index in [1.807, 2.05) is 11.3 Å². The summed E-state index contributed by atoms with van der Waals surface area (Å²) in [6.45, 7) is 11.5. The van der Waals surface area contributed by atoms with Crippen LogP contribution in [0.5, 0.6) is 0 Å². The maximum atomic E-state index is 4.88. The van der Waals surface area contributed by atoms with Gasteiger partial charge in [-0.25, -0.2) is 4.98 Å². The van der Waals surface area contributed by atoms with E-state index in [0.717, 1.165) is 24.2 Å². The molecule has 0 N–H and O–H groups in total. The van der Waals surface area contributed by atoms with E-state index >= 15 is 0 Å². The molecule has 1 aliphatic carbocycles. The van der Waals surface area contributed by atoms with Crippen LogP contribution < -0.4 is 0 Å². The zero-order chi connectivity index (χ0) is 14.9. The summed E-state index contributed by atoms with van der Waals surface area (Å²) in [7, 11) is 0. The standard InChI is InChI=1S/C17H28BrNS/c1-11(2)12-6-7-14(18)13(8-12)9-16-19-15(10-20-16)17(3,4)5/h10-14H,6-9H2,1-5H3. The number of alkyl halides is 1. The molecule has 0 spiro atoms. The van der Waals surface area contributed by atoms with E-state index in [9.17, 15) is 0 Å². The number of thiazole rings is 1. The molecule has 1 saturated carbocycles. The van der Waals surface area contributed by atoms with Crippen molar-refractivity contribution in [1.29, 1.82) is 0 Å². The maximum Gasteiger partial charge on any atom is 0.0931 e. The molecule has 0 radical (unpaired) electrons. The fourth-order valence-corrected chi connectivity index (χ4v) is 4.84. The van der Waals surface area contributed by atoms with Crippen molar-refractivity contribution in [1.82, 2.24) is 4.98 Å². The van der Waals surface area contributed by atoms with Gasteiger partial charge in [0.25, 0.3) is 0 Å². The Morgan fingerprint density at radius 2 is 2.05 bits per heavy atom. The number of hydrogen-bond donors (Lipinski definition) is 0. The number of hydrogen-bond acceptors (Lipinski definition) is 2. The Labute approximate surface area is 136 Å². The van der Waals surface area contributed by atoms with Crippen LogP contribution in [-0.4, -0.2) is 9.81 Å². The number of nitrogens with zero attached hydrogens (tertiary/aromatic N) is 1. The topological polar surface area (TPSA) is 12.9 Å². The molecule has 1 aromatic rings. The van der Waals surface area contributed by atoms with Crippen molar-refractivity contribution in [3.05, 3.63) is 16.1 Å². The van der Waals surface area contributed by atoms with Crippen molar-refractivity contribution in [3.63, 3.8) is 0 Å². The zero-order valence-corrected chi connectivity index (χ0v) is 15.9. The lowest BCUT2D eigenvalue weighted by atomic mass is 9.75. The first kappa shape index (κ1) is 16.5. The highest BCUT2D eigenvalue weighted by Crippen LogP contribution is 2.39. The minimum atomic E-state index is 0.176. The van der Waals surface area contributed by atoms with Crippen molar-refractivity contribution in [3.8, 4) is 0 Å². The third-order valence-corrected chi connectivity index (χ3v) is 6.71. The SMILES string of the molecule is CC(C)C1CCC(Br)C(Cc2nc(C(C)(C)C)cs2)C1. The summed E-state index contributed by atoms with van der Waals surface area (Å²) in [5, 5.41) is 3.58. The summed E-state index contributed by atoms with van der Waals surface area (Å²) in [4.78, 5) is 5.56. The minimum absolute atomic E-state index is 0.176. The molecule has 1 aromatic heterocycles. The number of halogens is 1. The normalized spacial score (nSPS) is 28.1. The second-order valence-electron chi connectivity index (χ2n) is 7.67. The van der Waals surface area contributed by atoms with E-state index < -0.39 is 0 Å². The van der Waals surface area contributed by atoms with Gasteiger partial charge in [-0.15, -0.1) is 11.3 Å². The van der Waals surface area contributed by atoms with Crippen molar-refractivity contribution >= 4 is 27.3 Å². The van der Waals surface area contributed by atoms with Crippen molar-refractivity contribution in [2.75, 3.05) is 0 Å². The molecule has 1 heterocycles. The maximum absolute atomic E-state index is 4.88.